The minimum absolute atomic E-state index is 0. The molecule has 0 unspecified atom stereocenters. The van der Waals surface area contributed by atoms with Crippen molar-refractivity contribution in [2.45, 2.75) is 0 Å². The maximum atomic E-state index is 6.76. The lowest BCUT2D eigenvalue weighted by atomic mass is 10.4. The molecule has 0 saturated carbocycles. The number of nitrogens with one attached hydrogen (secondary N) is 1. The molecule has 0 aliphatic rings. The second-order valence-corrected chi connectivity index (χ2v) is 1.40. The fourth-order valence-corrected chi connectivity index (χ4v) is 0.461. The van der Waals surface area contributed by atoms with E-state index in [0.717, 1.165) is 0 Å². The van der Waals surface area contributed by atoms with Gasteiger partial charge < -0.3 is 11.6 Å². The Bertz CT molecular complexity index is 171. The predicted octanol–water partition coefficient (Wildman–Crippen LogP) is 1.24. The normalized spacial score (nSPS) is 7.56. The van der Waals surface area contributed by atoms with Crippen LogP contribution in [0.1, 0.15) is 5.69 Å². The summed E-state index contributed by atoms with van der Waals surface area (Å²) >= 11 is 0. The van der Waals surface area contributed by atoms with Gasteiger partial charge >= 0.3 is 0 Å². The molecule has 48 valence electrons. The molecule has 0 fully saturated rings. The number of hydrogen-bond donors (Lipinski definition) is 2. The van der Waals surface area contributed by atoms with Crippen LogP contribution in [0, 0.1) is 5.41 Å². The third kappa shape index (κ3) is 2.01. The van der Waals surface area contributed by atoms with Crippen LogP contribution in [0.15, 0.2) is 24.4 Å². The Kier molecular flexibility index (Phi) is 3.23. The van der Waals surface area contributed by atoms with Crippen molar-refractivity contribution >= 4 is 6.21 Å². The first-order valence-electron chi connectivity index (χ1n) is 2.35. The molecule has 9 heavy (non-hydrogen) atoms. The van der Waals surface area contributed by atoms with Gasteiger partial charge in [-0.2, -0.15) is 0 Å². The molecule has 0 spiro atoms. The van der Waals surface area contributed by atoms with Crippen molar-refractivity contribution in [2.75, 3.05) is 0 Å². The molecule has 1 heterocycles. The summed E-state index contributed by atoms with van der Waals surface area (Å²) in [5.74, 6) is 0. The molecule has 4 N–H and O–H groups in total. The molecular formula is C6H9N3. The van der Waals surface area contributed by atoms with Gasteiger partial charge in [0.15, 0.2) is 0 Å². The van der Waals surface area contributed by atoms with Gasteiger partial charge in [-0.25, -0.2) is 0 Å². The van der Waals surface area contributed by atoms with E-state index in [2.05, 4.69) is 4.98 Å². The van der Waals surface area contributed by atoms with Crippen LogP contribution in [0.4, 0.5) is 0 Å². The first kappa shape index (κ1) is 7.78. The van der Waals surface area contributed by atoms with E-state index in [1.165, 1.54) is 6.21 Å². The molecule has 0 bridgehead atoms. The summed E-state index contributed by atoms with van der Waals surface area (Å²) in [4.78, 5) is 3.85. The van der Waals surface area contributed by atoms with Crippen molar-refractivity contribution in [3.63, 3.8) is 0 Å². The second-order valence-electron chi connectivity index (χ2n) is 1.40. The molecule has 0 aromatic carbocycles. The molecule has 1 rings (SSSR count). The molecule has 3 nitrogen and oxygen atoms in total. The predicted molar refractivity (Wildman–Crippen MR) is 37.1 cm³/mol. The highest BCUT2D eigenvalue weighted by Crippen LogP contribution is 1.85. The molecule has 1 aromatic rings. The number of nitrogens with zero attached hydrogens (tertiary/aromatic N) is 1. The Morgan fingerprint density at radius 1 is 1.44 bits per heavy atom. The highest BCUT2D eigenvalue weighted by Gasteiger charge is 1.78. The fraction of sp³-hybridized carbons (Fsp3) is 0. The largest absolute Gasteiger partial charge is 0.344 e. The molecular weight excluding hydrogens is 114 g/mol. The Morgan fingerprint density at radius 2 is 2.22 bits per heavy atom. The minimum Gasteiger partial charge on any atom is -0.344 e. The van der Waals surface area contributed by atoms with Crippen molar-refractivity contribution in [3.05, 3.63) is 30.1 Å². The highest BCUT2D eigenvalue weighted by atomic mass is 14.7. The van der Waals surface area contributed by atoms with E-state index in [9.17, 15) is 0 Å². The Hall–Kier alpha value is -1.22. The lowest BCUT2D eigenvalue weighted by molar-refractivity contribution is 1.29. The summed E-state index contributed by atoms with van der Waals surface area (Å²) in [5, 5.41) is 6.76. The topological polar surface area (TPSA) is 71.7 Å². The maximum Gasteiger partial charge on any atom is 0.0805 e. The van der Waals surface area contributed by atoms with Crippen LogP contribution in [0.2, 0.25) is 0 Å². The van der Waals surface area contributed by atoms with Crippen molar-refractivity contribution in [1.29, 1.82) is 5.41 Å². The van der Waals surface area contributed by atoms with Gasteiger partial charge in [-0.05, 0) is 12.1 Å². The van der Waals surface area contributed by atoms with E-state index in [1.54, 1.807) is 12.3 Å². The molecule has 0 aliphatic carbocycles. The van der Waals surface area contributed by atoms with Crippen LogP contribution in [-0.4, -0.2) is 11.2 Å². The van der Waals surface area contributed by atoms with Crippen molar-refractivity contribution < 1.29 is 0 Å². The number of pyridine rings is 1. The lowest BCUT2D eigenvalue weighted by Crippen LogP contribution is -1.80. The second kappa shape index (κ2) is 3.74. The lowest BCUT2D eigenvalue weighted by Gasteiger charge is -1.83. The highest BCUT2D eigenvalue weighted by molar-refractivity contribution is 5.73. The number of rotatable bonds is 1. The first-order valence-corrected chi connectivity index (χ1v) is 2.35. The van der Waals surface area contributed by atoms with Crippen LogP contribution in [0.3, 0.4) is 0 Å². The van der Waals surface area contributed by atoms with Crippen LogP contribution in [0.5, 0.6) is 0 Å². The Labute approximate surface area is 53.8 Å². The van der Waals surface area contributed by atoms with Gasteiger partial charge in [-0.15, -0.1) is 0 Å². The zero-order valence-corrected chi connectivity index (χ0v) is 5.04. The zero-order valence-electron chi connectivity index (χ0n) is 5.04. The van der Waals surface area contributed by atoms with Gasteiger partial charge in [-0.1, -0.05) is 6.07 Å². The van der Waals surface area contributed by atoms with Gasteiger partial charge in [-0.3, -0.25) is 4.98 Å². The first-order chi connectivity index (χ1) is 3.93. The number of aromatic nitrogens is 1. The quantitative estimate of drug-likeness (QED) is 0.551. The molecule has 0 aliphatic heterocycles. The smallest absolute Gasteiger partial charge is 0.0805 e. The molecule has 0 atom stereocenters. The summed E-state index contributed by atoms with van der Waals surface area (Å²) < 4.78 is 0. The molecule has 0 amide bonds. The average Bonchev–Trinajstić information content (AvgIpc) is 1.90. The molecule has 1 aromatic heterocycles. The summed E-state index contributed by atoms with van der Waals surface area (Å²) in [7, 11) is 0. The van der Waals surface area contributed by atoms with Gasteiger partial charge in [0.1, 0.15) is 0 Å². The van der Waals surface area contributed by atoms with Gasteiger partial charge in [0.2, 0.25) is 0 Å². The third-order valence-corrected chi connectivity index (χ3v) is 0.836. The van der Waals surface area contributed by atoms with Gasteiger partial charge in [0.25, 0.3) is 0 Å². The van der Waals surface area contributed by atoms with Crippen molar-refractivity contribution in [3.8, 4) is 0 Å². The summed E-state index contributed by atoms with van der Waals surface area (Å²) in [6.07, 6.45) is 2.89. The van der Waals surface area contributed by atoms with Gasteiger partial charge in [0.05, 0.1) is 5.69 Å². The summed E-state index contributed by atoms with van der Waals surface area (Å²) in [6.45, 7) is 0. The monoisotopic (exact) mass is 123 g/mol. The Balaban J connectivity index is 0.000000640. The third-order valence-electron chi connectivity index (χ3n) is 0.836. The average molecular weight is 123 g/mol. The number of hydrogen-bond acceptors (Lipinski definition) is 3. The molecule has 0 saturated heterocycles. The van der Waals surface area contributed by atoms with Crippen LogP contribution in [0.25, 0.3) is 0 Å². The van der Waals surface area contributed by atoms with Crippen molar-refractivity contribution in [2.24, 2.45) is 0 Å². The van der Waals surface area contributed by atoms with Gasteiger partial charge in [0, 0.05) is 12.4 Å². The van der Waals surface area contributed by atoms with E-state index in [1.807, 2.05) is 12.1 Å². The zero-order chi connectivity index (χ0) is 5.82. The van der Waals surface area contributed by atoms with E-state index < -0.39 is 0 Å². The molecule has 0 radical (unpaired) electrons. The van der Waals surface area contributed by atoms with Crippen molar-refractivity contribution in [1.82, 2.24) is 11.1 Å². The standard InChI is InChI=1S/C6H6N2.H3N/c7-5-6-3-1-2-4-8-6;/h1-5,7H;1H3. The fourth-order valence-electron chi connectivity index (χ4n) is 0.461. The van der Waals surface area contributed by atoms with Crippen LogP contribution < -0.4 is 6.15 Å². The van der Waals surface area contributed by atoms with Crippen LogP contribution in [-0.2, 0) is 0 Å². The minimum atomic E-state index is 0. The summed E-state index contributed by atoms with van der Waals surface area (Å²) in [5.41, 5.74) is 0.701. The van der Waals surface area contributed by atoms with E-state index in [-0.39, 0.29) is 6.15 Å². The SMILES string of the molecule is N.N=Cc1ccccn1. The maximum absolute atomic E-state index is 6.76. The van der Waals surface area contributed by atoms with E-state index in [4.69, 9.17) is 5.41 Å². The van der Waals surface area contributed by atoms with E-state index >= 15 is 0 Å². The molecule has 3 heteroatoms. The van der Waals surface area contributed by atoms with E-state index in [0.29, 0.717) is 5.69 Å². The Morgan fingerprint density at radius 3 is 2.56 bits per heavy atom. The summed E-state index contributed by atoms with van der Waals surface area (Å²) in [6, 6.07) is 5.47. The van der Waals surface area contributed by atoms with Crippen LogP contribution >= 0.6 is 0 Å².